The summed E-state index contributed by atoms with van der Waals surface area (Å²) in [5.41, 5.74) is 1.98. The van der Waals surface area contributed by atoms with Crippen LogP contribution in [0.25, 0.3) is 0 Å². The van der Waals surface area contributed by atoms with Gasteiger partial charge in [-0.25, -0.2) is 0 Å². The van der Waals surface area contributed by atoms with E-state index in [0.717, 1.165) is 22.7 Å². The molecule has 0 saturated carbocycles. The highest BCUT2D eigenvalue weighted by molar-refractivity contribution is 7.80. The van der Waals surface area contributed by atoms with Gasteiger partial charge in [-0.15, -0.1) is 0 Å². The molecule has 0 heterocycles. The van der Waals surface area contributed by atoms with Gasteiger partial charge in [-0.05, 0) is 30.4 Å². The molecule has 2 rings (SSSR count). The smallest absolute Gasteiger partial charge is 0.173 e. The van der Waals surface area contributed by atoms with E-state index in [2.05, 4.69) is 5.32 Å². The lowest BCUT2D eigenvalue weighted by atomic mass is 10.2. The van der Waals surface area contributed by atoms with Crippen LogP contribution in [0.2, 0.25) is 0 Å². The Balaban J connectivity index is 2.02. The minimum atomic E-state index is 0.638. The van der Waals surface area contributed by atoms with Crippen molar-refractivity contribution in [1.82, 2.24) is 4.90 Å². The van der Waals surface area contributed by atoms with Crippen molar-refractivity contribution in [2.45, 2.75) is 6.54 Å². The van der Waals surface area contributed by atoms with Gasteiger partial charge in [-0.1, -0.05) is 24.3 Å². The Morgan fingerprint density at radius 1 is 1.09 bits per heavy atom. The maximum absolute atomic E-state index is 5.45. The van der Waals surface area contributed by atoms with Crippen LogP contribution in [-0.4, -0.2) is 31.3 Å². The van der Waals surface area contributed by atoms with Gasteiger partial charge in [0.25, 0.3) is 0 Å². The maximum atomic E-state index is 5.45. The normalized spacial score (nSPS) is 9.95. The summed E-state index contributed by atoms with van der Waals surface area (Å²) in [5, 5.41) is 3.85. The standard InChI is InChI=1S/C17H20N2O2S/c1-19(12-13-7-4-5-10-16(13)21-3)17(22)18-14-8-6-9-15(11-14)20-2/h4-11H,12H2,1-3H3,(H,18,22). The molecular weight excluding hydrogens is 296 g/mol. The molecule has 0 spiro atoms. The number of para-hydroxylation sites is 1. The molecule has 0 saturated heterocycles. The lowest BCUT2D eigenvalue weighted by Gasteiger charge is -2.22. The Labute approximate surface area is 136 Å². The van der Waals surface area contributed by atoms with Crippen LogP contribution in [0, 0.1) is 0 Å². The quantitative estimate of drug-likeness (QED) is 0.854. The molecule has 0 amide bonds. The minimum absolute atomic E-state index is 0.638. The average molecular weight is 316 g/mol. The van der Waals surface area contributed by atoms with E-state index in [0.29, 0.717) is 11.7 Å². The molecule has 116 valence electrons. The van der Waals surface area contributed by atoms with Crippen LogP contribution in [0.15, 0.2) is 48.5 Å². The van der Waals surface area contributed by atoms with Gasteiger partial charge in [0.1, 0.15) is 11.5 Å². The van der Waals surface area contributed by atoms with Gasteiger partial charge in [-0.3, -0.25) is 0 Å². The van der Waals surface area contributed by atoms with Gasteiger partial charge in [0.15, 0.2) is 5.11 Å². The molecule has 0 aliphatic heterocycles. The first-order valence-electron chi connectivity index (χ1n) is 6.92. The number of hydrogen-bond donors (Lipinski definition) is 1. The summed E-state index contributed by atoms with van der Waals surface area (Å²) in [6.45, 7) is 0.666. The molecule has 5 heteroatoms. The van der Waals surface area contributed by atoms with Crippen molar-refractivity contribution in [3.8, 4) is 11.5 Å². The second-order valence-electron chi connectivity index (χ2n) is 4.83. The number of ether oxygens (including phenoxy) is 2. The number of rotatable bonds is 5. The fraction of sp³-hybridized carbons (Fsp3) is 0.235. The molecule has 0 aliphatic carbocycles. The molecule has 2 aromatic carbocycles. The summed E-state index contributed by atoms with van der Waals surface area (Å²) in [7, 11) is 5.26. The Kier molecular flexibility index (Phi) is 5.61. The van der Waals surface area contributed by atoms with Crippen molar-refractivity contribution >= 4 is 23.0 Å². The van der Waals surface area contributed by atoms with E-state index in [4.69, 9.17) is 21.7 Å². The number of benzene rings is 2. The average Bonchev–Trinajstić information content (AvgIpc) is 2.55. The fourth-order valence-electron chi connectivity index (χ4n) is 2.08. The number of nitrogens with zero attached hydrogens (tertiary/aromatic N) is 1. The lowest BCUT2D eigenvalue weighted by Crippen LogP contribution is -2.30. The van der Waals surface area contributed by atoms with Crippen molar-refractivity contribution in [2.75, 3.05) is 26.6 Å². The largest absolute Gasteiger partial charge is 0.497 e. The molecule has 0 unspecified atom stereocenters. The van der Waals surface area contributed by atoms with E-state index in [1.807, 2.05) is 60.5 Å². The molecule has 22 heavy (non-hydrogen) atoms. The Bertz CT molecular complexity index is 646. The van der Waals surface area contributed by atoms with E-state index < -0.39 is 0 Å². The Morgan fingerprint density at radius 3 is 2.59 bits per heavy atom. The number of anilines is 1. The summed E-state index contributed by atoms with van der Waals surface area (Å²) >= 11 is 5.45. The fourth-order valence-corrected chi connectivity index (χ4v) is 2.26. The zero-order chi connectivity index (χ0) is 15.9. The van der Waals surface area contributed by atoms with Crippen molar-refractivity contribution in [3.05, 3.63) is 54.1 Å². The molecule has 0 aliphatic rings. The number of thiocarbonyl (C=S) groups is 1. The van der Waals surface area contributed by atoms with Gasteiger partial charge >= 0.3 is 0 Å². The van der Waals surface area contributed by atoms with E-state index in [9.17, 15) is 0 Å². The third-order valence-electron chi connectivity index (χ3n) is 3.27. The van der Waals surface area contributed by atoms with Gasteiger partial charge in [0.2, 0.25) is 0 Å². The predicted molar refractivity (Wildman–Crippen MR) is 93.7 cm³/mol. The van der Waals surface area contributed by atoms with Crippen LogP contribution in [0.4, 0.5) is 5.69 Å². The van der Waals surface area contributed by atoms with Crippen LogP contribution in [-0.2, 0) is 6.54 Å². The number of hydrogen-bond acceptors (Lipinski definition) is 3. The zero-order valence-electron chi connectivity index (χ0n) is 13.0. The zero-order valence-corrected chi connectivity index (χ0v) is 13.8. The van der Waals surface area contributed by atoms with Crippen molar-refractivity contribution in [2.24, 2.45) is 0 Å². The SMILES string of the molecule is COc1cccc(NC(=S)N(C)Cc2ccccc2OC)c1. The molecule has 2 aromatic rings. The van der Waals surface area contributed by atoms with E-state index in [1.54, 1.807) is 14.2 Å². The minimum Gasteiger partial charge on any atom is -0.497 e. The highest BCUT2D eigenvalue weighted by Gasteiger charge is 2.09. The molecule has 4 nitrogen and oxygen atoms in total. The highest BCUT2D eigenvalue weighted by atomic mass is 32.1. The summed E-state index contributed by atoms with van der Waals surface area (Å²) < 4.78 is 10.6. The van der Waals surface area contributed by atoms with Crippen LogP contribution in [0.1, 0.15) is 5.56 Å². The summed E-state index contributed by atoms with van der Waals surface area (Å²) in [6.07, 6.45) is 0. The van der Waals surface area contributed by atoms with Gasteiger partial charge in [-0.2, -0.15) is 0 Å². The Morgan fingerprint density at radius 2 is 1.86 bits per heavy atom. The lowest BCUT2D eigenvalue weighted by molar-refractivity contribution is 0.399. The van der Waals surface area contributed by atoms with Crippen LogP contribution in [0.3, 0.4) is 0 Å². The van der Waals surface area contributed by atoms with Gasteiger partial charge in [0.05, 0.1) is 14.2 Å². The van der Waals surface area contributed by atoms with E-state index in [1.165, 1.54) is 0 Å². The second-order valence-corrected chi connectivity index (χ2v) is 5.22. The molecule has 0 bridgehead atoms. The summed E-state index contributed by atoms with van der Waals surface area (Å²) in [4.78, 5) is 1.96. The number of methoxy groups -OCH3 is 2. The first-order valence-corrected chi connectivity index (χ1v) is 7.33. The third-order valence-corrected chi connectivity index (χ3v) is 3.68. The monoisotopic (exact) mass is 316 g/mol. The Hall–Kier alpha value is -2.27. The van der Waals surface area contributed by atoms with Crippen molar-refractivity contribution in [1.29, 1.82) is 0 Å². The molecule has 0 atom stereocenters. The highest BCUT2D eigenvalue weighted by Crippen LogP contribution is 2.20. The predicted octanol–water partition coefficient (Wildman–Crippen LogP) is 3.53. The van der Waals surface area contributed by atoms with Crippen molar-refractivity contribution in [3.63, 3.8) is 0 Å². The molecular formula is C17H20N2O2S. The third kappa shape index (κ3) is 4.11. The molecule has 0 fully saturated rings. The topological polar surface area (TPSA) is 33.7 Å². The maximum Gasteiger partial charge on any atom is 0.173 e. The first kappa shape index (κ1) is 16.1. The second kappa shape index (κ2) is 7.66. The molecule has 0 aromatic heterocycles. The van der Waals surface area contributed by atoms with Crippen LogP contribution in [0.5, 0.6) is 11.5 Å². The number of nitrogens with one attached hydrogen (secondary N) is 1. The van der Waals surface area contributed by atoms with Crippen LogP contribution >= 0.6 is 12.2 Å². The van der Waals surface area contributed by atoms with E-state index >= 15 is 0 Å². The molecule has 1 N–H and O–H groups in total. The summed E-state index contributed by atoms with van der Waals surface area (Å²) in [5.74, 6) is 1.65. The van der Waals surface area contributed by atoms with Gasteiger partial charge < -0.3 is 19.7 Å². The van der Waals surface area contributed by atoms with Gasteiger partial charge in [0, 0.05) is 30.9 Å². The summed E-state index contributed by atoms with van der Waals surface area (Å²) in [6, 6.07) is 15.6. The first-order chi connectivity index (χ1) is 10.6. The molecule has 0 radical (unpaired) electrons. The van der Waals surface area contributed by atoms with E-state index in [-0.39, 0.29) is 0 Å². The van der Waals surface area contributed by atoms with Crippen LogP contribution < -0.4 is 14.8 Å². The van der Waals surface area contributed by atoms with Crippen molar-refractivity contribution < 1.29 is 9.47 Å².